The second-order valence-electron chi connectivity index (χ2n) is 7.34. The van der Waals surface area contributed by atoms with Gasteiger partial charge in [-0.3, -0.25) is 4.79 Å². The molecule has 1 aliphatic rings. The molecular formula is C20H26N2O5S2. The van der Waals surface area contributed by atoms with E-state index in [1.54, 1.807) is 11.4 Å². The maximum atomic E-state index is 12.5. The number of hydrogen-bond donors (Lipinski definition) is 2. The van der Waals surface area contributed by atoms with Gasteiger partial charge in [0.25, 0.3) is 10.0 Å². The molecule has 1 aromatic carbocycles. The number of carbonyl (C=O) groups excluding carboxylic acids is 1. The molecule has 1 aliphatic heterocycles. The Kier molecular flexibility index (Phi) is 6.94. The first kappa shape index (κ1) is 21.8. The molecule has 3 rings (SSSR count). The first-order valence-electron chi connectivity index (χ1n) is 9.52. The van der Waals surface area contributed by atoms with Crippen molar-refractivity contribution in [2.75, 3.05) is 19.6 Å². The molecule has 1 saturated heterocycles. The van der Waals surface area contributed by atoms with Crippen LogP contribution in [-0.2, 0) is 14.8 Å². The minimum absolute atomic E-state index is 0.172. The molecule has 0 spiro atoms. The number of nitrogens with one attached hydrogen (secondary N) is 1. The zero-order valence-corrected chi connectivity index (χ0v) is 18.1. The lowest BCUT2D eigenvalue weighted by atomic mass is 10.0. The minimum atomic E-state index is -3.70. The number of ether oxygens (including phenoxy) is 1. The number of carbonyl (C=O) groups is 1. The Morgan fingerprint density at radius 1 is 1.34 bits per heavy atom. The van der Waals surface area contributed by atoms with Crippen molar-refractivity contribution < 1.29 is 23.1 Å². The van der Waals surface area contributed by atoms with Crippen LogP contribution in [0.4, 0.5) is 0 Å². The third-order valence-corrected chi connectivity index (χ3v) is 7.66. The van der Waals surface area contributed by atoms with Crippen LogP contribution in [0.15, 0.2) is 46.0 Å². The topological polar surface area (TPSA) is 95.9 Å². The summed E-state index contributed by atoms with van der Waals surface area (Å²) in [5.74, 6) is 0.652. The predicted octanol–water partition coefficient (Wildman–Crippen LogP) is 2.19. The fraction of sp³-hybridized carbons (Fsp3) is 0.450. The average Bonchev–Trinajstić information content (AvgIpc) is 3.24. The molecule has 2 heterocycles. The van der Waals surface area contributed by atoms with E-state index in [0.29, 0.717) is 24.6 Å². The normalized spacial score (nSPS) is 20.1. The van der Waals surface area contributed by atoms with Crippen molar-refractivity contribution in [2.45, 2.75) is 42.6 Å². The second-order valence-corrected chi connectivity index (χ2v) is 10.3. The van der Waals surface area contributed by atoms with Crippen molar-refractivity contribution in [1.82, 2.24) is 9.62 Å². The van der Waals surface area contributed by atoms with Gasteiger partial charge in [0.2, 0.25) is 5.91 Å². The molecule has 0 saturated carbocycles. The van der Waals surface area contributed by atoms with Gasteiger partial charge in [0.05, 0.1) is 19.2 Å². The number of amides is 1. The number of rotatable bonds is 7. The number of likely N-dealkylation sites (tertiary alicyclic amines) is 1. The van der Waals surface area contributed by atoms with E-state index in [1.807, 2.05) is 24.3 Å². The predicted molar refractivity (Wildman–Crippen MR) is 112 cm³/mol. The Hall–Kier alpha value is -1.94. The number of nitrogens with zero attached hydrogens (tertiary/aromatic N) is 1. The van der Waals surface area contributed by atoms with E-state index in [4.69, 9.17) is 4.74 Å². The summed E-state index contributed by atoms with van der Waals surface area (Å²) in [5, 5.41) is 12.0. The Labute approximate surface area is 175 Å². The van der Waals surface area contributed by atoms with Crippen molar-refractivity contribution in [1.29, 1.82) is 0 Å². The lowest BCUT2D eigenvalue weighted by Crippen LogP contribution is -2.53. The Morgan fingerprint density at radius 3 is 2.83 bits per heavy atom. The van der Waals surface area contributed by atoms with Gasteiger partial charge in [0.15, 0.2) is 0 Å². The van der Waals surface area contributed by atoms with E-state index in [1.165, 1.54) is 11.0 Å². The van der Waals surface area contributed by atoms with Crippen LogP contribution in [0.2, 0.25) is 0 Å². The van der Waals surface area contributed by atoms with E-state index in [-0.39, 0.29) is 23.2 Å². The van der Waals surface area contributed by atoms with E-state index >= 15 is 0 Å². The van der Waals surface area contributed by atoms with Crippen molar-refractivity contribution in [3.63, 3.8) is 0 Å². The molecule has 0 aliphatic carbocycles. The summed E-state index contributed by atoms with van der Waals surface area (Å²) >= 11 is 1.09. The molecule has 0 bridgehead atoms. The molecule has 29 heavy (non-hydrogen) atoms. The standard InChI is InChI=1S/C20H26N2O5S2/c1-14(2)15-5-3-6-16(11-15)27-18-13-22(9-8-17(18)23)19(24)12-21-29(25,26)20-7-4-10-28-20/h3-7,10-11,14,17-18,21,23H,8-9,12-13H2,1-2H3/t17-,18-/m1/s1. The molecular weight excluding hydrogens is 412 g/mol. The number of aliphatic hydroxyl groups is 1. The monoisotopic (exact) mass is 438 g/mol. The number of piperidine rings is 1. The number of aliphatic hydroxyl groups excluding tert-OH is 1. The molecule has 0 radical (unpaired) electrons. The second kappa shape index (κ2) is 9.25. The SMILES string of the molecule is CC(C)c1cccc(O[C@@H]2CN(C(=O)CNS(=O)(=O)c3cccs3)CC[C@H]2O)c1. The van der Waals surface area contributed by atoms with E-state index < -0.39 is 22.2 Å². The first-order chi connectivity index (χ1) is 13.8. The van der Waals surface area contributed by atoms with Gasteiger partial charge in [0.1, 0.15) is 16.1 Å². The largest absolute Gasteiger partial charge is 0.486 e. The van der Waals surface area contributed by atoms with Gasteiger partial charge in [-0.1, -0.05) is 32.0 Å². The maximum absolute atomic E-state index is 12.5. The number of benzene rings is 1. The van der Waals surface area contributed by atoms with Crippen LogP contribution in [0.1, 0.15) is 31.7 Å². The van der Waals surface area contributed by atoms with E-state index in [9.17, 15) is 18.3 Å². The highest BCUT2D eigenvalue weighted by Crippen LogP contribution is 2.23. The summed E-state index contributed by atoms with van der Waals surface area (Å²) in [7, 11) is -3.70. The molecule has 1 amide bonds. The smallest absolute Gasteiger partial charge is 0.250 e. The Morgan fingerprint density at radius 2 is 2.14 bits per heavy atom. The number of hydrogen-bond acceptors (Lipinski definition) is 6. The lowest BCUT2D eigenvalue weighted by molar-refractivity contribution is -0.135. The van der Waals surface area contributed by atoms with Crippen LogP contribution in [0.25, 0.3) is 0 Å². The van der Waals surface area contributed by atoms with Gasteiger partial charge in [-0.2, -0.15) is 0 Å². The van der Waals surface area contributed by atoms with Crippen molar-refractivity contribution in [3.05, 3.63) is 47.3 Å². The van der Waals surface area contributed by atoms with Gasteiger partial charge < -0.3 is 14.7 Å². The zero-order chi connectivity index (χ0) is 21.0. The van der Waals surface area contributed by atoms with Gasteiger partial charge in [-0.05, 0) is 41.5 Å². The van der Waals surface area contributed by atoms with Crippen LogP contribution in [-0.4, -0.2) is 56.2 Å². The van der Waals surface area contributed by atoms with Gasteiger partial charge in [-0.15, -0.1) is 11.3 Å². The van der Waals surface area contributed by atoms with Gasteiger partial charge in [-0.25, -0.2) is 13.1 Å². The molecule has 2 aromatic rings. The molecule has 7 nitrogen and oxygen atoms in total. The van der Waals surface area contributed by atoms with Crippen LogP contribution in [0.5, 0.6) is 5.75 Å². The Bertz CT molecular complexity index is 928. The third-order valence-electron chi connectivity index (χ3n) is 4.86. The zero-order valence-electron chi connectivity index (χ0n) is 16.4. The fourth-order valence-electron chi connectivity index (χ4n) is 3.12. The molecule has 9 heteroatoms. The van der Waals surface area contributed by atoms with Crippen molar-refractivity contribution >= 4 is 27.3 Å². The van der Waals surface area contributed by atoms with Crippen LogP contribution in [0, 0.1) is 0 Å². The van der Waals surface area contributed by atoms with Crippen molar-refractivity contribution in [3.8, 4) is 5.75 Å². The summed E-state index contributed by atoms with van der Waals surface area (Å²) in [6, 6.07) is 10.8. The van der Waals surface area contributed by atoms with E-state index in [0.717, 1.165) is 16.9 Å². The quantitative estimate of drug-likeness (QED) is 0.691. The number of sulfonamides is 1. The number of thiophene rings is 1. The minimum Gasteiger partial charge on any atom is -0.486 e. The third kappa shape index (κ3) is 5.57. The molecule has 158 valence electrons. The summed E-state index contributed by atoms with van der Waals surface area (Å²) in [4.78, 5) is 14.1. The van der Waals surface area contributed by atoms with Gasteiger partial charge >= 0.3 is 0 Å². The Balaban J connectivity index is 1.60. The fourth-order valence-corrected chi connectivity index (χ4v) is 5.14. The highest BCUT2D eigenvalue weighted by Gasteiger charge is 2.32. The van der Waals surface area contributed by atoms with Crippen LogP contribution in [0.3, 0.4) is 0 Å². The maximum Gasteiger partial charge on any atom is 0.250 e. The van der Waals surface area contributed by atoms with Crippen LogP contribution < -0.4 is 9.46 Å². The summed E-state index contributed by atoms with van der Waals surface area (Å²) in [6.07, 6.45) is -0.883. The first-order valence-corrected chi connectivity index (χ1v) is 11.9. The van der Waals surface area contributed by atoms with Crippen molar-refractivity contribution in [2.24, 2.45) is 0 Å². The average molecular weight is 439 g/mol. The molecule has 1 fully saturated rings. The molecule has 1 aromatic heterocycles. The molecule has 2 N–H and O–H groups in total. The molecule has 0 unspecified atom stereocenters. The molecule has 2 atom stereocenters. The summed E-state index contributed by atoms with van der Waals surface area (Å²) < 4.78 is 32.9. The summed E-state index contributed by atoms with van der Waals surface area (Å²) in [5.41, 5.74) is 1.13. The lowest BCUT2D eigenvalue weighted by Gasteiger charge is -2.36. The highest BCUT2D eigenvalue weighted by atomic mass is 32.2. The highest BCUT2D eigenvalue weighted by molar-refractivity contribution is 7.91. The van der Waals surface area contributed by atoms with Crippen LogP contribution >= 0.6 is 11.3 Å². The van der Waals surface area contributed by atoms with Gasteiger partial charge in [0, 0.05) is 6.54 Å². The van der Waals surface area contributed by atoms with E-state index in [2.05, 4.69) is 18.6 Å². The summed E-state index contributed by atoms with van der Waals surface area (Å²) in [6.45, 7) is 4.41.